The maximum atomic E-state index is 9.28. The molecule has 3 nitrogen and oxygen atoms in total. The summed E-state index contributed by atoms with van der Waals surface area (Å²) in [7, 11) is 0. The molecule has 0 fully saturated rings. The molecular weight excluding hydrogens is 178 g/mol. The fraction of sp³-hybridized carbons (Fsp3) is 0.455. The topological polar surface area (TPSA) is 55.5 Å². The highest BCUT2D eigenvalue weighted by molar-refractivity contribution is 5.42. The van der Waals surface area contributed by atoms with E-state index in [2.05, 4.69) is 0 Å². The van der Waals surface area contributed by atoms with Gasteiger partial charge in [0.05, 0.1) is 0 Å². The van der Waals surface area contributed by atoms with Crippen LogP contribution in [0.4, 0.5) is 0 Å². The molecule has 0 radical (unpaired) electrons. The molecule has 0 saturated carbocycles. The van der Waals surface area contributed by atoms with E-state index in [1.807, 2.05) is 13.0 Å². The van der Waals surface area contributed by atoms with Crippen molar-refractivity contribution < 1.29 is 9.84 Å². The van der Waals surface area contributed by atoms with Crippen molar-refractivity contribution in [3.8, 4) is 11.5 Å². The minimum Gasteiger partial charge on any atom is -0.508 e. The van der Waals surface area contributed by atoms with Crippen molar-refractivity contribution in [3.63, 3.8) is 0 Å². The summed E-state index contributed by atoms with van der Waals surface area (Å²) < 4.78 is 5.68. The second-order valence-electron chi connectivity index (χ2n) is 3.95. The molecule has 2 atom stereocenters. The predicted molar refractivity (Wildman–Crippen MR) is 54.5 cm³/mol. The number of phenols is 1. The smallest absolute Gasteiger partial charge is 0.123 e. The van der Waals surface area contributed by atoms with E-state index in [4.69, 9.17) is 10.5 Å². The van der Waals surface area contributed by atoms with Gasteiger partial charge < -0.3 is 15.6 Å². The monoisotopic (exact) mass is 193 g/mol. The zero-order valence-electron chi connectivity index (χ0n) is 8.23. The van der Waals surface area contributed by atoms with Crippen LogP contribution in [0.2, 0.25) is 0 Å². The van der Waals surface area contributed by atoms with Gasteiger partial charge in [0.2, 0.25) is 0 Å². The lowest BCUT2D eigenvalue weighted by atomic mass is 10.1. The maximum absolute atomic E-state index is 9.28. The van der Waals surface area contributed by atoms with Gasteiger partial charge in [-0.2, -0.15) is 0 Å². The highest BCUT2D eigenvalue weighted by Gasteiger charge is 2.23. The van der Waals surface area contributed by atoms with Crippen LogP contribution in [0.5, 0.6) is 11.5 Å². The number of hydrogen-bond donors (Lipinski definition) is 2. The van der Waals surface area contributed by atoms with Gasteiger partial charge in [-0.15, -0.1) is 0 Å². The number of rotatable bonds is 2. The number of aromatic hydroxyl groups is 1. The number of phenolic OH excluding ortho intramolecular Hbond substituents is 1. The average Bonchev–Trinajstić information content (AvgIpc) is 2.44. The Kier molecular flexibility index (Phi) is 2.33. The van der Waals surface area contributed by atoms with Crippen LogP contribution in [-0.2, 0) is 6.42 Å². The van der Waals surface area contributed by atoms with Gasteiger partial charge in [-0.3, -0.25) is 0 Å². The van der Waals surface area contributed by atoms with Crippen molar-refractivity contribution in [3.05, 3.63) is 23.8 Å². The normalized spacial score (nSPS) is 21.4. The van der Waals surface area contributed by atoms with Gasteiger partial charge in [0.15, 0.2) is 0 Å². The van der Waals surface area contributed by atoms with Crippen molar-refractivity contribution in [1.82, 2.24) is 0 Å². The highest BCUT2D eigenvalue weighted by Crippen LogP contribution is 2.32. The lowest BCUT2D eigenvalue weighted by Crippen LogP contribution is -2.25. The molecule has 76 valence electrons. The first kappa shape index (κ1) is 9.34. The third-order valence-corrected chi connectivity index (χ3v) is 2.42. The molecule has 2 unspecified atom stereocenters. The zero-order chi connectivity index (χ0) is 10.1. The van der Waals surface area contributed by atoms with Gasteiger partial charge >= 0.3 is 0 Å². The molecule has 0 saturated heterocycles. The summed E-state index contributed by atoms with van der Waals surface area (Å²) in [6.45, 7) is 1.98. The van der Waals surface area contributed by atoms with Gasteiger partial charge in [0.1, 0.15) is 17.6 Å². The molecule has 2 rings (SSSR count). The summed E-state index contributed by atoms with van der Waals surface area (Å²) >= 11 is 0. The van der Waals surface area contributed by atoms with Crippen molar-refractivity contribution in [2.75, 3.05) is 0 Å². The number of hydrogen-bond acceptors (Lipinski definition) is 3. The molecule has 1 aromatic rings. The van der Waals surface area contributed by atoms with Crippen LogP contribution < -0.4 is 10.5 Å². The standard InChI is InChI=1S/C11H15NO2/c1-7(12)4-10-6-8-5-9(13)2-3-11(8)14-10/h2-3,5,7,10,13H,4,6,12H2,1H3. The lowest BCUT2D eigenvalue weighted by Gasteiger charge is -2.12. The van der Waals surface area contributed by atoms with Crippen molar-refractivity contribution >= 4 is 0 Å². The first-order valence-electron chi connectivity index (χ1n) is 4.89. The van der Waals surface area contributed by atoms with E-state index in [0.29, 0.717) is 5.75 Å². The van der Waals surface area contributed by atoms with E-state index in [1.54, 1.807) is 12.1 Å². The van der Waals surface area contributed by atoms with Crippen LogP contribution in [0.25, 0.3) is 0 Å². The molecule has 3 heteroatoms. The van der Waals surface area contributed by atoms with Gasteiger partial charge in [-0.25, -0.2) is 0 Å². The van der Waals surface area contributed by atoms with E-state index in [1.165, 1.54) is 0 Å². The number of benzene rings is 1. The van der Waals surface area contributed by atoms with Crippen LogP contribution in [0.1, 0.15) is 18.9 Å². The minimum atomic E-state index is 0.155. The molecular formula is C11H15NO2. The summed E-state index contributed by atoms with van der Waals surface area (Å²) in [5.74, 6) is 1.18. The molecule has 14 heavy (non-hydrogen) atoms. The van der Waals surface area contributed by atoms with Crippen LogP contribution in [0.15, 0.2) is 18.2 Å². The quantitative estimate of drug-likeness (QED) is 0.747. The van der Waals surface area contributed by atoms with Crippen LogP contribution >= 0.6 is 0 Å². The van der Waals surface area contributed by atoms with E-state index in [9.17, 15) is 5.11 Å². The molecule has 0 aliphatic carbocycles. The van der Waals surface area contributed by atoms with Gasteiger partial charge in [-0.05, 0) is 31.5 Å². The summed E-state index contributed by atoms with van der Waals surface area (Å²) in [5.41, 5.74) is 6.79. The van der Waals surface area contributed by atoms with E-state index in [0.717, 1.165) is 24.2 Å². The molecule has 0 bridgehead atoms. The summed E-state index contributed by atoms with van der Waals surface area (Å²) in [6, 6.07) is 5.37. The first-order valence-corrected chi connectivity index (χ1v) is 4.89. The predicted octanol–water partition coefficient (Wildman–Crippen LogP) is 1.43. The van der Waals surface area contributed by atoms with Crippen molar-refractivity contribution in [2.45, 2.75) is 31.9 Å². The Bertz CT molecular complexity index is 336. The second-order valence-corrected chi connectivity index (χ2v) is 3.95. The fourth-order valence-electron chi connectivity index (χ4n) is 1.85. The summed E-state index contributed by atoms with van der Waals surface area (Å²) in [4.78, 5) is 0. The Morgan fingerprint density at radius 3 is 3.14 bits per heavy atom. The van der Waals surface area contributed by atoms with Crippen molar-refractivity contribution in [1.29, 1.82) is 0 Å². The number of ether oxygens (including phenoxy) is 1. The lowest BCUT2D eigenvalue weighted by molar-refractivity contribution is 0.213. The van der Waals surface area contributed by atoms with Crippen molar-refractivity contribution in [2.24, 2.45) is 5.73 Å². The molecule has 1 heterocycles. The molecule has 0 spiro atoms. The molecule has 0 amide bonds. The molecule has 1 aliphatic rings. The molecule has 1 aromatic carbocycles. The molecule has 3 N–H and O–H groups in total. The van der Waals surface area contributed by atoms with Crippen LogP contribution in [-0.4, -0.2) is 17.3 Å². The minimum absolute atomic E-state index is 0.155. The SMILES string of the molecule is CC(N)CC1Cc2cc(O)ccc2O1. The largest absolute Gasteiger partial charge is 0.508 e. The third-order valence-electron chi connectivity index (χ3n) is 2.42. The van der Waals surface area contributed by atoms with Gasteiger partial charge in [0.25, 0.3) is 0 Å². The van der Waals surface area contributed by atoms with E-state index >= 15 is 0 Å². The average molecular weight is 193 g/mol. The van der Waals surface area contributed by atoms with E-state index in [-0.39, 0.29) is 12.1 Å². The van der Waals surface area contributed by atoms with Gasteiger partial charge in [0, 0.05) is 18.0 Å². The number of nitrogens with two attached hydrogens (primary N) is 1. The summed E-state index contributed by atoms with van der Waals surface area (Å²) in [5, 5.41) is 9.28. The number of fused-ring (bicyclic) bond motifs is 1. The maximum Gasteiger partial charge on any atom is 0.123 e. The Balaban J connectivity index is 2.10. The molecule has 0 aromatic heterocycles. The molecule has 1 aliphatic heterocycles. The van der Waals surface area contributed by atoms with E-state index < -0.39 is 0 Å². The summed E-state index contributed by atoms with van der Waals surface area (Å²) in [6.07, 6.45) is 1.88. The Morgan fingerprint density at radius 1 is 1.64 bits per heavy atom. The van der Waals surface area contributed by atoms with Crippen LogP contribution in [0, 0.1) is 0 Å². The van der Waals surface area contributed by atoms with Gasteiger partial charge in [-0.1, -0.05) is 0 Å². The first-order chi connectivity index (χ1) is 6.65. The fourth-order valence-corrected chi connectivity index (χ4v) is 1.85. The third kappa shape index (κ3) is 1.82. The zero-order valence-corrected chi connectivity index (χ0v) is 8.23. The Hall–Kier alpha value is -1.22. The second kappa shape index (κ2) is 3.50. The Labute approximate surface area is 83.5 Å². The van der Waals surface area contributed by atoms with Crippen LogP contribution in [0.3, 0.4) is 0 Å². The highest BCUT2D eigenvalue weighted by atomic mass is 16.5. The Morgan fingerprint density at radius 2 is 2.43 bits per heavy atom.